The second-order valence-corrected chi connectivity index (χ2v) is 4.59. The Balaban J connectivity index is 2.63. The number of rotatable bonds is 8. The molecule has 1 rings (SSSR count). The molecule has 0 radical (unpaired) electrons. The maximum atomic E-state index is 12.0. The Morgan fingerprint density at radius 3 is 2.50 bits per heavy atom. The Morgan fingerprint density at radius 1 is 1.35 bits per heavy atom. The van der Waals surface area contributed by atoms with Crippen LogP contribution in [0.25, 0.3) is 0 Å². The van der Waals surface area contributed by atoms with Gasteiger partial charge < -0.3 is 11.1 Å². The predicted octanol–water partition coefficient (Wildman–Crippen LogP) is 2.44. The van der Waals surface area contributed by atoms with Crippen LogP contribution in [0.3, 0.4) is 0 Å². The smallest absolute Gasteiger partial charge is 0.238 e. The molecular formula is C16H23N3O. The molecule has 0 atom stereocenters. The third-order valence-electron chi connectivity index (χ3n) is 2.95. The van der Waals surface area contributed by atoms with Gasteiger partial charge in [-0.1, -0.05) is 25.1 Å². The number of hydrogen-bond acceptors (Lipinski definition) is 3. The van der Waals surface area contributed by atoms with Gasteiger partial charge in [0.25, 0.3) is 0 Å². The Kier molecular flexibility index (Phi) is 6.53. The van der Waals surface area contributed by atoms with Gasteiger partial charge in [-0.3, -0.25) is 9.69 Å². The number of nitrogens with one attached hydrogen (secondary N) is 1. The molecule has 108 valence electrons. The van der Waals surface area contributed by atoms with Crippen LogP contribution in [-0.4, -0.2) is 30.4 Å². The van der Waals surface area contributed by atoms with Crippen molar-refractivity contribution in [2.24, 2.45) is 0 Å². The number of nitrogens with two attached hydrogens (primary N) is 1. The van der Waals surface area contributed by atoms with Crippen molar-refractivity contribution >= 4 is 17.3 Å². The second kappa shape index (κ2) is 8.17. The quantitative estimate of drug-likeness (QED) is 0.565. The van der Waals surface area contributed by atoms with E-state index in [-0.39, 0.29) is 5.91 Å². The minimum absolute atomic E-state index is 0.0719. The molecule has 0 fully saturated rings. The third-order valence-corrected chi connectivity index (χ3v) is 2.95. The van der Waals surface area contributed by atoms with Gasteiger partial charge in [-0.15, -0.1) is 13.2 Å². The van der Waals surface area contributed by atoms with Crippen LogP contribution in [0, 0.1) is 0 Å². The fourth-order valence-electron chi connectivity index (χ4n) is 1.97. The highest BCUT2D eigenvalue weighted by atomic mass is 16.2. The number of carbonyl (C=O) groups is 1. The van der Waals surface area contributed by atoms with E-state index in [1.807, 2.05) is 24.0 Å². The molecule has 0 aliphatic heterocycles. The Morgan fingerprint density at radius 2 is 2.00 bits per heavy atom. The summed E-state index contributed by atoms with van der Waals surface area (Å²) in [6, 6.07) is 5.61. The highest BCUT2D eigenvalue weighted by molar-refractivity contribution is 5.92. The van der Waals surface area contributed by atoms with Crippen LogP contribution in [0.1, 0.15) is 12.5 Å². The van der Waals surface area contributed by atoms with E-state index in [0.29, 0.717) is 25.3 Å². The molecule has 0 heterocycles. The summed E-state index contributed by atoms with van der Waals surface area (Å²) in [5.41, 5.74) is 8.43. The number of benzene rings is 1. The summed E-state index contributed by atoms with van der Waals surface area (Å²) < 4.78 is 0. The average Bonchev–Trinajstić information content (AvgIpc) is 2.39. The molecule has 3 N–H and O–H groups in total. The summed E-state index contributed by atoms with van der Waals surface area (Å²) in [7, 11) is 0. The zero-order valence-electron chi connectivity index (χ0n) is 12.1. The van der Waals surface area contributed by atoms with E-state index in [0.717, 1.165) is 17.7 Å². The normalized spacial score (nSPS) is 10.3. The van der Waals surface area contributed by atoms with Gasteiger partial charge in [0, 0.05) is 24.5 Å². The Labute approximate surface area is 121 Å². The molecule has 0 aliphatic carbocycles. The van der Waals surface area contributed by atoms with Crippen molar-refractivity contribution in [1.29, 1.82) is 0 Å². The molecular weight excluding hydrogens is 250 g/mol. The molecule has 0 saturated carbocycles. The van der Waals surface area contributed by atoms with Crippen molar-refractivity contribution in [3.63, 3.8) is 0 Å². The minimum Gasteiger partial charge on any atom is -0.398 e. The molecule has 1 amide bonds. The molecule has 0 spiro atoms. The van der Waals surface area contributed by atoms with E-state index >= 15 is 0 Å². The lowest BCUT2D eigenvalue weighted by Crippen LogP contribution is -2.33. The number of amides is 1. The standard InChI is InChI=1S/C16H23N3O/c1-4-9-19(10-5-2)12-16(20)18-14-8-7-13(6-3)15(17)11-14/h4-5,7-8,11H,1-2,6,9-10,12,17H2,3H3,(H,18,20). The minimum atomic E-state index is -0.0719. The van der Waals surface area contributed by atoms with E-state index in [1.54, 1.807) is 18.2 Å². The van der Waals surface area contributed by atoms with E-state index in [9.17, 15) is 4.79 Å². The molecule has 0 saturated heterocycles. The van der Waals surface area contributed by atoms with Crippen LogP contribution < -0.4 is 11.1 Å². The molecule has 4 heteroatoms. The number of aryl methyl sites for hydroxylation is 1. The SMILES string of the molecule is C=CCN(CC=C)CC(=O)Nc1ccc(CC)c(N)c1. The zero-order valence-corrected chi connectivity index (χ0v) is 12.1. The van der Waals surface area contributed by atoms with E-state index in [2.05, 4.69) is 18.5 Å². The molecule has 0 bridgehead atoms. The molecule has 20 heavy (non-hydrogen) atoms. The molecule has 4 nitrogen and oxygen atoms in total. The van der Waals surface area contributed by atoms with Gasteiger partial charge in [0.2, 0.25) is 5.91 Å². The highest BCUT2D eigenvalue weighted by Gasteiger charge is 2.09. The van der Waals surface area contributed by atoms with Crippen LogP contribution in [0.4, 0.5) is 11.4 Å². The molecule has 0 unspecified atom stereocenters. The lowest BCUT2D eigenvalue weighted by molar-refractivity contribution is -0.117. The largest absolute Gasteiger partial charge is 0.398 e. The van der Waals surface area contributed by atoms with E-state index in [1.165, 1.54) is 0 Å². The highest BCUT2D eigenvalue weighted by Crippen LogP contribution is 2.18. The first-order valence-electron chi connectivity index (χ1n) is 6.73. The maximum Gasteiger partial charge on any atom is 0.238 e. The lowest BCUT2D eigenvalue weighted by Gasteiger charge is -2.18. The van der Waals surface area contributed by atoms with Crippen LogP contribution in [-0.2, 0) is 11.2 Å². The number of anilines is 2. The second-order valence-electron chi connectivity index (χ2n) is 4.59. The Hall–Kier alpha value is -2.07. The predicted molar refractivity (Wildman–Crippen MR) is 85.7 cm³/mol. The van der Waals surface area contributed by atoms with Gasteiger partial charge in [0.1, 0.15) is 0 Å². The van der Waals surface area contributed by atoms with Crippen LogP contribution in [0.2, 0.25) is 0 Å². The van der Waals surface area contributed by atoms with Gasteiger partial charge in [-0.25, -0.2) is 0 Å². The maximum absolute atomic E-state index is 12.0. The average molecular weight is 273 g/mol. The van der Waals surface area contributed by atoms with Gasteiger partial charge in [0.15, 0.2) is 0 Å². The van der Waals surface area contributed by atoms with Crippen LogP contribution >= 0.6 is 0 Å². The van der Waals surface area contributed by atoms with Crippen molar-refractivity contribution < 1.29 is 4.79 Å². The lowest BCUT2D eigenvalue weighted by atomic mass is 10.1. The number of carbonyl (C=O) groups excluding carboxylic acids is 1. The zero-order chi connectivity index (χ0) is 15.0. The van der Waals surface area contributed by atoms with Crippen molar-refractivity contribution in [2.45, 2.75) is 13.3 Å². The van der Waals surface area contributed by atoms with E-state index < -0.39 is 0 Å². The number of nitrogen functional groups attached to an aromatic ring is 1. The summed E-state index contributed by atoms with van der Waals surface area (Å²) in [4.78, 5) is 13.9. The first-order chi connectivity index (χ1) is 9.60. The fourth-order valence-corrected chi connectivity index (χ4v) is 1.97. The van der Waals surface area contributed by atoms with Gasteiger partial charge in [0.05, 0.1) is 6.54 Å². The first-order valence-corrected chi connectivity index (χ1v) is 6.73. The van der Waals surface area contributed by atoms with Crippen LogP contribution in [0.5, 0.6) is 0 Å². The van der Waals surface area contributed by atoms with Crippen molar-refractivity contribution in [3.05, 3.63) is 49.1 Å². The van der Waals surface area contributed by atoms with Gasteiger partial charge in [-0.05, 0) is 24.1 Å². The molecule has 0 aromatic heterocycles. The molecule has 1 aromatic carbocycles. The third kappa shape index (κ3) is 4.90. The molecule has 0 aliphatic rings. The summed E-state index contributed by atoms with van der Waals surface area (Å²) in [6.07, 6.45) is 4.42. The van der Waals surface area contributed by atoms with Crippen molar-refractivity contribution in [1.82, 2.24) is 4.90 Å². The van der Waals surface area contributed by atoms with Crippen molar-refractivity contribution in [3.8, 4) is 0 Å². The first kappa shape index (κ1) is 16.0. The summed E-state index contributed by atoms with van der Waals surface area (Å²) in [6.45, 7) is 11.0. The summed E-state index contributed by atoms with van der Waals surface area (Å²) in [5, 5.41) is 2.85. The monoisotopic (exact) mass is 273 g/mol. The summed E-state index contributed by atoms with van der Waals surface area (Å²) >= 11 is 0. The fraction of sp³-hybridized carbons (Fsp3) is 0.312. The number of hydrogen-bond donors (Lipinski definition) is 2. The van der Waals surface area contributed by atoms with Crippen molar-refractivity contribution in [2.75, 3.05) is 30.7 Å². The Bertz CT molecular complexity index is 473. The van der Waals surface area contributed by atoms with Gasteiger partial charge >= 0.3 is 0 Å². The van der Waals surface area contributed by atoms with E-state index in [4.69, 9.17) is 5.73 Å². The number of nitrogens with zero attached hydrogens (tertiary/aromatic N) is 1. The summed E-state index contributed by atoms with van der Waals surface area (Å²) in [5.74, 6) is -0.0719. The topological polar surface area (TPSA) is 58.4 Å². The molecule has 1 aromatic rings. The van der Waals surface area contributed by atoms with Gasteiger partial charge in [-0.2, -0.15) is 0 Å². The van der Waals surface area contributed by atoms with Crippen LogP contribution in [0.15, 0.2) is 43.5 Å².